The lowest BCUT2D eigenvalue weighted by atomic mass is 10.0. The minimum Gasteiger partial charge on any atom is -0.341 e. The van der Waals surface area contributed by atoms with Crippen LogP contribution in [0, 0.1) is 0 Å². The molecule has 1 unspecified atom stereocenters. The standard InChI is InChI=1S/C18H29O2P/c19-21(20,18-15-11-8-12-16-18)17-13-9-6-4-2-1-3-5-7-10-14-17/h8,11-12,15-17H,1-7,9-10,13-14H2,(H,19,20). The molecular weight excluding hydrogens is 279 g/mol. The zero-order chi connectivity index (χ0) is 15.0. The van der Waals surface area contributed by atoms with Crippen molar-refractivity contribution in [3.05, 3.63) is 30.3 Å². The molecule has 1 aromatic rings. The highest BCUT2D eigenvalue weighted by Crippen LogP contribution is 2.49. The lowest BCUT2D eigenvalue weighted by molar-refractivity contribution is 0.444. The highest BCUT2D eigenvalue weighted by molar-refractivity contribution is 7.66. The number of hydrogen-bond donors (Lipinski definition) is 1. The first-order valence-electron chi connectivity index (χ1n) is 8.59. The zero-order valence-corrected chi connectivity index (χ0v) is 13.9. The number of rotatable bonds is 2. The summed E-state index contributed by atoms with van der Waals surface area (Å²) in [5, 5.41) is 0.641. The van der Waals surface area contributed by atoms with Crippen LogP contribution in [0.2, 0.25) is 0 Å². The molecule has 0 saturated heterocycles. The van der Waals surface area contributed by atoms with Crippen molar-refractivity contribution in [1.29, 1.82) is 0 Å². The normalized spacial score (nSPS) is 22.7. The molecule has 1 fully saturated rings. The van der Waals surface area contributed by atoms with Crippen molar-refractivity contribution >= 4 is 12.7 Å². The molecule has 0 amide bonds. The van der Waals surface area contributed by atoms with E-state index < -0.39 is 7.37 Å². The van der Waals surface area contributed by atoms with Crippen LogP contribution in [0.4, 0.5) is 0 Å². The van der Waals surface area contributed by atoms with E-state index in [1.165, 1.54) is 44.9 Å². The van der Waals surface area contributed by atoms with Gasteiger partial charge in [0, 0.05) is 11.0 Å². The summed E-state index contributed by atoms with van der Waals surface area (Å²) in [6.45, 7) is 0. The summed E-state index contributed by atoms with van der Waals surface area (Å²) >= 11 is 0. The first-order chi connectivity index (χ1) is 10.2. The summed E-state index contributed by atoms with van der Waals surface area (Å²) < 4.78 is 12.9. The Morgan fingerprint density at radius 2 is 1.19 bits per heavy atom. The van der Waals surface area contributed by atoms with Crippen molar-refractivity contribution in [2.24, 2.45) is 0 Å². The van der Waals surface area contributed by atoms with Crippen LogP contribution in [0.1, 0.15) is 70.6 Å². The Hall–Kier alpha value is -0.590. The molecule has 0 heterocycles. The van der Waals surface area contributed by atoms with Gasteiger partial charge in [-0.15, -0.1) is 0 Å². The van der Waals surface area contributed by atoms with Gasteiger partial charge in [-0.3, -0.25) is 4.57 Å². The van der Waals surface area contributed by atoms with Gasteiger partial charge >= 0.3 is 0 Å². The first kappa shape index (κ1) is 16.8. The summed E-state index contributed by atoms with van der Waals surface area (Å²) in [5.41, 5.74) is -0.0423. The molecule has 0 spiro atoms. The second-order valence-electron chi connectivity index (χ2n) is 6.37. The Bertz CT molecular complexity index is 432. The van der Waals surface area contributed by atoms with Crippen LogP contribution in [0.5, 0.6) is 0 Å². The van der Waals surface area contributed by atoms with Gasteiger partial charge in [0.15, 0.2) is 0 Å². The van der Waals surface area contributed by atoms with Gasteiger partial charge in [-0.1, -0.05) is 76.0 Å². The first-order valence-corrected chi connectivity index (χ1v) is 10.3. The number of benzene rings is 1. The highest BCUT2D eigenvalue weighted by atomic mass is 31.2. The molecule has 1 atom stereocenters. The van der Waals surface area contributed by atoms with Crippen molar-refractivity contribution in [2.75, 3.05) is 0 Å². The van der Waals surface area contributed by atoms with E-state index in [9.17, 15) is 9.46 Å². The highest BCUT2D eigenvalue weighted by Gasteiger charge is 2.31. The largest absolute Gasteiger partial charge is 0.341 e. The summed E-state index contributed by atoms with van der Waals surface area (Å²) in [6.07, 6.45) is 13.0. The molecule has 2 rings (SSSR count). The fraction of sp³-hybridized carbons (Fsp3) is 0.667. The third kappa shape index (κ3) is 5.27. The Morgan fingerprint density at radius 1 is 0.762 bits per heavy atom. The van der Waals surface area contributed by atoms with Gasteiger partial charge in [-0.25, -0.2) is 0 Å². The van der Waals surface area contributed by atoms with Gasteiger partial charge in [0.25, 0.3) is 0 Å². The predicted molar refractivity (Wildman–Crippen MR) is 90.5 cm³/mol. The summed E-state index contributed by atoms with van der Waals surface area (Å²) in [7, 11) is -3.23. The van der Waals surface area contributed by atoms with E-state index >= 15 is 0 Å². The second kappa shape index (κ2) is 8.76. The summed E-state index contributed by atoms with van der Waals surface area (Å²) in [6, 6.07) is 9.28. The molecule has 21 heavy (non-hydrogen) atoms. The average Bonchev–Trinajstić information content (AvgIpc) is 2.48. The molecule has 118 valence electrons. The Balaban J connectivity index is 2.04. The SMILES string of the molecule is O=P(O)(c1ccccc1)C1CCCCCCCCCCC1. The predicted octanol–water partition coefficient (Wildman–Crippen LogP) is 5.26. The van der Waals surface area contributed by atoms with Crippen LogP contribution in [-0.2, 0) is 4.57 Å². The van der Waals surface area contributed by atoms with Crippen LogP contribution >= 0.6 is 7.37 Å². The van der Waals surface area contributed by atoms with Crippen molar-refractivity contribution in [1.82, 2.24) is 0 Å². The molecule has 0 radical (unpaired) electrons. The van der Waals surface area contributed by atoms with E-state index in [0.717, 1.165) is 25.7 Å². The Labute approximate surface area is 129 Å². The third-order valence-electron chi connectivity index (χ3n) is 4.70. The average molecular weight is 308 g/mol. The lowest BCUT2D eigenvalue weighted by Crippen LogP contribution is -2.18. The third-order valence-corrected chi connectivity index (χ3v) is 7.24. The van der Waals surface area contributed by atoms with Crippen LogP contribution < -0.4 is 5.30 Å². The monoisotopic (exact) mass is 308 g/mol. The molecule has 1 aromatic carbocycles. The quantitative estimate of drug-likeness (QED) is 0.757. The van der Waals surface area contributed by atoms with Gasteiger partial charge in [0.05, 0.1) is 0 Å². The molecule has 1 N–H and O–H groups in total. The summed E-state index contributed by atoms with van der Waals surface area (Å²) in [4.78, 5) is 10.7. The molecule has 0 bridgehead atoms. The fourth-order valence-electron chi connectivity index (χ4n) is 3.34. The molecule has 3 heteroatoms. The molecule has 1 aliphatic rings. The molecular formula is C18H29O2P. The van der Waals surface area contributed by atoms with Crippen molar-refractivity contribution in [2.45, 2.75) is 76.3 Å². The molecule has 1 saturated carbocycles. The van der Waals surface area contributed by atoms with Gasteiger partial charge in [-0.2, -0.15) is 0 Å². The molecule has 1 aliphatic carbocycles. The van der Waals surface area contributed by atoms with Crippen LogP contribution in [-0.4, -0.2) is 10.6 Å². The van der Waals surface area contributed by atoms with E-state index in [2.05, 4.69) is 0 Å². The zero-order valence-electron chi connectivity index (χ0n) is 13.0. The summed E-state index contributed by atoms with van der Waals surface area (Å²) in [5.74, 6) is 0. The van der Waals surface area contributed by atoms with E-state index in [0.29, 0.717) is 5.30 Å². The van der Waals surface area contributed by atoms with Crippen LogP contribution in [0.25, 0.3) is 0 Å². The molecule has 2 nitrogen and oxygen atoms in total. The van der Waals surface area contributed by atoms with Crippen LogP contribution in [0.15, 0.2) is 30.3 Å². The Kier molecular flexibility index (Phi) is 6.99. The second-order valence-corrected chi connectivity index (χ2v) is 8.86. The number of hydrogen-bond acceptors (Lipinski definition) is 1. The molecule has 0 aliphatic heterocycles. The van der Waals surface area contributed by atoms with Crippen molar-refractivity contribution < 1.29 is 9.46 Å². The van der Waals surface area contributed by atoms with Crippen LogP contribution in [0.3, 0.4) is 0 Å². The van der Waals surface area contributed by atoms with E-state index in [-0.39, 0.29) is 5.66 Å². The van der Waals surface area contributed by atoms with E-state index in [1.54, 1.807) is 0 Å². The van der Waals surface area contributed by atoms with E-state index in [1.807, 2.05) is 30.3 Å². The maximum atomic E-state index is 12.9. The Morgan fingerprint density at radius 3 is 1.67 bits per heavy atom. The fourth-order valence-corrected chi connectivity index (χ4v) is 5.43. The minimum absolute atomic E-state index is 0.0423. The van der Waals surface area contributed by atoms with Crippen molar-refractivity contribution in [3.63, 3.8) is 0 Å². The topological polar surface area (TPSA) is 37.3 Å². The molecule has 0 aromatic heterocycles. The van der Waals surface area contributed by atoms with Gasteiger partial charge in [0.1, 0.15) is 0 Å². The van der Waals surface area contributed by atoms with Gasteiger partial charge in [0.2, 0.25) is 7.37 Å². The minimum atomic E-state index is -3.23. The lowest BCUT2D eigenvalue weighted by Gasteiger charge is -2.24. The van der Waals surface area contributed by atoms with Gasteiger partial charge < -0.3 is 4.89 Å². The maximum Gasteiger partial charge on any atom is 0.232 e. The maximum absolute atomic E-state index is 12.9. The van der Waals surface area contributed by atoms with Crippen molar-refractivity contribution in [3.8, 4) is 0 Å². The van der Waals surface area contributed by atoms with Gasteiger partial charge in [-0.05, 0) is 25.0 Å². The van der Waals surface area contributed by atoms with E-state index in [4.69, 9.17) is 0 Å². The smallest absolute Gasteiger partial charge is 0.232 e.